The van der Waals surface area contributed by atoms with Gasteiger partial charge < -0.3 is 18.6 Å². The Balaban J connectivity index is 2.27. The number of benzene rings is 1. The Morgan fingerprint density at radius 2 is 1.89 bits per heavy atom. The van der Waals surface area contributed by atoms with E-state index in [9.17, 15) is 14.4 Å². The summed E-state index contributed by atoms with van der Waals surface area (Å²) in [5.74, 6) is -1.98. The minimum Gasteiger partial charge on any atom is -0.486 e. The highest BCUT2D eigenvalue weighted by molar-refractivity contribution is 6.36. The van der Waals surface area contributed by atoms with E-state index in [-0.39, 0.29) is 35.1 Å². The Morgan fingerprint density at radius 3 is 2.54 bits per heavy atom. The van der Waals surface area contributed by atoms with Crippen LogP contribution in [0.2, 0.25) is 5.02 Å². The predicted octanol–water partition coefficient (Wildman–Crippen LogP) is 3.51. The molecule has 28 heavy (non-hydrogen) atoms. The lowest BCUT2D eigenvalue weighted by atomic mass is 10.0. The van der Waals surface area contributed by atoms with Crippen molar-refractivity contribution in [2.75, 3.05) is 13.2 Å². The van der Waals surface area contributed by atoms with Gasteiger partial charge in [0.15, 0.2) is 6.10 Å². The van der Waals surface area contributed by atoms with Crippen LogP contribution < -0.4 is 5.63 Å². The summed E-state index contributed by atoms with van der Waals surface area (Å²) in [6.07, 6.45) is -1.37. The van der Waals surface area contributed by atoms with Gasteiger partial charge in [-0.2, -0.15) is 0 Å². The fraction of sp³-hybridized carbons (Fsp3) is 0.350. The van der Waals surface area contributed by atoms with Gasteiger partial charge in [-0.15, -0.1) is 0 Å². The van der Waals surface area contributed by atoms with Crippen molar-refractivity contribution in [1.82, 2.24) is 0 Å². The van der Waals surface area contributed by atoms with E-state index in [0.717, 1.165) is 11.1 Å². The lowest BCUT2D eigenvalue weighted by Gasteiger charge is -2.15. The summed E-state index contributed by atoms with van der Waals surface area (Å²) in [6.45, 7) is 7.13. The molecule has 0 N–H and O–H groups in total. The third-order valence-corrected chi connectivity index (χ3v) is 4.68. The van der Waals surface area contributed by atoms with Crippen molar-refractivity contribution in [3.8, 4) is 0 Å². The van der Waals surface area contributed by atoms with Gasteiger partial charge in [0.05, 0.1) is 18.2 Å². The van der Waals surface area contributed by atoms with Gasteiger partial charge in [0.25, 0.3) is 0 Å². The largest absolute Gasteiger partial charge is 0.486 e. The molecule has 0 bridgehead atoms. The van der Waals surface area contributed by atoms with Crippen molar-refractivity contribution < 1.29 is 28.2 Å². The molecule has 0 saturated carbocycles. The van der Waals surface area contributed by atoms with Crippen LogP contribution in [0.15, 0.2) is 32.7 Å². The maximum Gasteiger partial charge on any atom is 0.375 e. The highest BCUT2D eigenvalue weighted by Crippen LogP contribution is 2.40. The normalized spacial score (nSPS) is 16.5. The smallest absolute Gasteiger partial charge is 0.375 e. The number of halogens is 1. The van der Waals surface area contributed by atoms with Gasteiger partial charge in [-0.05, 0) is 44.9 Å². The SMILES string of the molecule is CCOC(=O)C1=C(OCC)C(=O)OC1c1c(Cl)c2cc(C)cc(C)c2oc1=O. The molecule has 0 spiro atoms. The second-order valence-corrected chi connectivity index (χ2v) is 6.64. The lowest BCUT2D eigenvalue weighted by Crippen LogP contribution is -2.20. The van der Waals surface area contributed by atoms with E-state index in [1.807, 2.05) is 13.0 Å². The molecular weight excluding hydrogens is 388 g/mol. The molecule has 0 fully saturated rings. The van der Waals surface area contributed by atoms with Crippen LogP contribution in [0.3, 0.4) is 0 Å². The van der Waals surface area contributed by atoms with Crippen LogP contribution in [0.1, 0.15) is 36.6 Å². The van der Waals surface area contributed by atoms with E-state index >= 15 is 0 Å². The van der Waals surface area contributed by atoms with Crippen LogP contribution >= 0.6 is 11.6 Å². The highest BCUT2D eigenvalue weighted by Gasteiger charge is 2.44. The van der Waals surface area contributed by atoms with Crippen LogP contribution in [-0.2, 0) is 23.8 Å². The summed E-state index contributed by atoms with van der Waals surface area (Å²) in [6, 6.07) is 3.61. The first-order valence-corrected chi connectivity index (χ1v) is 9.16. The molecule has 8 heteroatoms. The Bertz CT molecular complexity index is 1060. The zero-order valence-corrected chi connectivity index (χ0v) is 16.6. The Hall–Kier alpha value is -2.80. The zero-order valence-electron chi connectivity index (χ0n) is 15.9. The van der Waals surface area contributed by atoms with E-state index in [4.69, 9.17) is 30.2 Å². The molecule has 7 nitrogen and oxygen atoms in total. The van der Waals surface area contributed by atoms with Crippen LogP contribution in [-0.4, -0.2) is 25.2 Å². The fourth-order valence-electron chi connectivity index (χ4n) is 3.20. The average molecular weight is 407 g/mol. The van der Waals surface area contributed by atoms with Crippen molar-refractivity contribution in [3.05, 3.63) is 55.6 Å². The van der Waals surface area contributed by atoms with E-state index in [0.29, 0.717) is 11.0 Å². The fourth-order valence-corrected chi connectivity index (χ4v) is 3.52. The molecule has 0 saturated heterocycles. The first-order valence-electron chi connectivity index (χ1n) is 8.78. The van der Waals surface area contributed by atoms with Gasteiger partial charge in [-0.25, -0.2) is 14.4 Å². The van der Waals surface area contributed by atoms with Crippen molar-refractivity contribution in [3.63, 3.8) is 0 Å². The topological polar surface area (TPSA) is 92.0 Å². The molecule has 1 aliphatic heterocycles. The van der Waals surface area contributed by atoms with Crippen LogP contribution in [0.4, 0.5) is 0 Å². The number of carbonyl (C=O) groups excluding carboxylic acids is 2. The van der Waals surface area contributed by atoms with Crippen molar-refractivity contribution in [2.24, 2.45) is 0 Å². The molecule has 1 atom stereocenters. The molecule has 1 aliphatic rings. The highest BCUT2D eigenvalue weighted by atomic mass is 35.5. The number of fused-ring (bicyclic) bond motifs is 1. The maximum atomic E-state index is 12.7. The standard InChI is InChI=1S/C20H19ClO7/c1-5-25-17-13(18(22)26-6-2)16(28-20(17)24)12-14(21)11-8-9(3)7-10(4)15(11)27-19(12)23/h7-8,16H,5-6H2,1-4H3. The van der Waals surface area contributed by atoms with Gasteiger partial charge in [-0.3, -0.25) is 0 Å². The minimum absolute atomic E-state index is 0.0513. The third kappa shape index (κ3) is 3.26. The number of rotatable bonds is 5. The zero-order chi connectivity index (χ0) is 20.6. The summed E-state index contributed by atoms with van der Waals surface area (Å²) < 4.78 is 21.0. The monoisotopic (exact) mass is 406 g/mol. The number of carbonyl (C=O) groups is 2. The second kappa shape index (κ2) is 7.67. The molecule has 1 unspecified atom stereocenters. The molecule has 3 rings (SSSR count). The summed E-state index contributed by atoms with van der Waals surface area (Å²) in [7, 11) is 0. The molecule has 148 valence electrons. The Morgan fingerprint density at radius 1 is 1.18 bits per heavy atom. The van der Waals surface area contributed by atoms with Gasteiger partial charge in [0.1, 0.15) is 16.7 Å². The van der Waals surface area contributed by atoms with Crippen LogP contribution in [0, 0.1) is 13.8 Å². The van der Waals surface area contributed by atoms with Crippen molar-refractivity contribution >= 4 is 34.5 Å². The number of esters is 2. The van der Waals surface area contributed by atoms with Gasteiger partial charge in [-0.1, -0.05) is 17.7 Å². The number of hydrogen-bond acceptors (Lipinski definition) is 7. The van der Waals surface area contributed by atoms with Crippen molar-refractivity contribution in [1.29, 1.82) is 0 Å². The lowest BCUT2D eigenvalue weighted by molar-refractivity contribution is -0.143. The summed E-state index contributed by atoms with van der Waals surface area (Å²) in [5.41, 5.74) is 0.825. The van der Waals surface area contributed by atoms with E-state index in [1.165, 1.54) is 0 Å². The average Bonchev–Trinajstić information content (AvgIpc) is 2.93. The Labute approximate surface area is 165 Å². The number of ether oxygens (including phenoxy) is 3. The molecule has 0 amide bonds. The summed E-state index contributed by atoms with van der Waals surface area (Å²) in [5, 5.41) is 0.535. The quantitative estimate of drug-likeness (QED) is 0.554. The molecule has 1 aromatic heterocycles. The first-order chi connectivity index (χ1) is 13.3. The van der Waals surface area contributed by atoms with Crippen LogP contribution in [0.5, 0.6) is 0 Å². The summed E-state index contributed by atoms with van der Waals surface area (Å²) in [4.78, 5) is 37.5. The van der Waals surface area contributed by atoms with Crippen molar-refractivity contribution in [2.45, 2.75) is 33.8 Å². The molecule has 0 aliphatic carbocycles. The first kappa shape index (κ1) is 19.9. The summed E-state index contributed by atoms with van der Waals surface area (Å²) >= 11 is 6.52. The predicted molar refractivity (Wildman–Crippen MR) is 101 cm³/mol. The number of cyclic esters (lactones) is 1. The van der Waals surface area contributed by atoms with Crippen LogP contribution in [0.25, 0.3) is 11.0 Å². The minimum atomic E-state index is -1.37. The van der Waals surface area contributed by atoms with E-state index < -0.39 is 23.7 Å². The second-order valence-electron chi connectivity index (χ2n) is 6.26. The molecular formula is C20H19ClO7. The molecule has 2 aromatic rings. The Kier molecular flexibility index (Phi) is 5.47. The number of aryl methyl sites for hydroxylation is 2. The van der Waals surface area contributed by atoms with Gasteiger partial charge in [0.2, 0.25) is 5.76 Å². The van der Waals surface area contributed by atoms with E-state index in [1.54, 1.807) is 26.8 Å². The molecule has 0 radical (unpaired) electrons. The number of hydrogen-bond donors (Lipinski definition) is 0. The van der Waals surface area contributed by atoms with Gasteiger partial charge >= 0.3 is 17.6 Å². The third-order valence-electron chi connectivity index (χ3n) is 4.27. The molecule has 1 aromatic carbocycles. The van der Waals surface area contributed by atoms with Gasteiger partial charge in [0, 0.05) is 5.39 Å². The molecule has 2 heterocycles. The maximum absolute atomic E-state index is 12.7. The van der Waals surface area contributed by atoms with E-state index in [2.05, 4.69) is 0 Å².